The number of aryl methyl sites for hydroxylation is 1. The van der Waals surface area contributed by atoms with E-state index < -0.39 is 0 Å². The van der Waals surface area contributed by atoms with Crippen LogP contribution >= 0.6 is 11.3 Å². The van der Waals surface area contributed by atoms with E-state index in [2.05, 4.69) is 17.2 Å². The monoisotopic (exact) mass is 383 g/mol. The molecule has 0 saturated carbocycles. The van der Waals surface area contributed by atoms with Crippen LogP contribution in [0.15, 0.2) is 23.0 Å². The highest BCUT2D eigenvalue weighted by molar-refractivity contribution is 7.18. The van der Waals surface area contributed by atoms with Crippen molar-refractivity contribution in [3.05, 3.63) is 44.8 Å². The molecule has 0 saturated heterocycles. The van der Waals surface area contributed by atoms with Gasteiger partial charge in [-0.15, -0.1) is 11.3 Å². The summed E-state index contributed by atoms with van der Waals surface area (Å²) in [5.74, 6) is 2.80. The quantitative estimate of drug-likeness (QED) is 0.715. The van der Waals surface area contributed by atoms with Gasteiger partial charge in [0.05, 0.1) is 11.4 Å². The number of nitrogens with zero attached hydrogens (tertiary/aromatic N) is 1. The Labute approximate surface area is 160 Å². The fourth-order valence-electron chi connectivity index (χ4n) is 3.88. The van der Waals surface area contributed by atoms with Crippen LogP contribution in [0.1, 0.15) is 42.6 Å². The lowest BCUT2D eigenvalue weighted by molar-refractivity contribution is 0.174. The summed E-state index contributed by atoms with van der Waals surface area (Å²) in [5.41, 5.74) is 2.08. The molecule has 27 heavy (non-hydrogen) atoms. The number of H-pyrrole nitrogens is 1. The van der Waals surface area contributed by atoms with Gasteiger partial charge in [0.25, 0.3) is 5.56 Å². The van der Waals surface area contributed by atoms with Gasteiger partial charge in [0.2, 0.25) is 6.79 Å². The van der Waals surface area contributed by atoms with Crippen molar-refractivity contribution < 1.29 is 9.47 Å². The summed E-state index contributed by atoms with van der Waals surface area (Å²) >= 11 is 1.68. The topological polar surface area (TPSA) is 76.2 Å². The molecule has 1 aliphatic heterocycles. The molecule has 1 aromatic carbocycles. The van der Waals surface area contributed by atoms with E-state index in [1.807, 2.05) is 25.1 Å². The summed E-state index contributed by atoms with van der Waals surface area (Å²) < 4.78 is 10.8. The second-order valence-electron chi connectivity index (χ2n) is 7.42. The Morgan fingerprint density at radius 2 is 2.19 bits per heavy atom. The zero-order valence-electron chi connectivity index (χ0n) is 15.3. The highest BCUT2D eigenvalue weighted by atomic mass is 32.1. The molecule has 0 fully saturated rings. The van der Waals surface area contributed by atoms with Gasteiger partial charge in [0.15, 0.2) is 11.5 Å². The number of aromatic amines is 1. The highest BCUT2D eigenvalue weighted by Gasteiger charge is 2.24. The van der Waals surface area contributed by atoms with Crippen molar-refractivity contribution >= 4 is 27.2 Å². The lowest BCUT2D eigenvalue weighted by atomic mass is 9.89. The van der Waals surface area contributed by atoms with E-state index in [-0.39, 0.29) is 18.4 Å². The molecule has 2 atom stereocenters. The lowest BCUT2D eigenvalue weighted by Crippen LogP contribution is -2.18. The van der Waals surface area contributed by atoms with Gasteiger partial charge in [-0.2, -0.15) is 0 Å². The predicted octanol–water partition coefficient (Wildman–Crippen LogP) is 4.01. The van der Waals surface area contributed by atoms with Crippen LogP contribution in [0.2, 0.25) is 0 Å². The van der Waals surface area contributed by atoms with Gasteiger partial charge in [0, 0.05) is 16.6 Å². The fourth-order valence-corrected chi connectivity index (χ4v) is 5.27. The summed E-state index contributed by atoms with van der Waals surface area (Å²) in [6.07, 6.45) is 3.17. The average molecular weight is 383 g/mol. The molecule has 6 nitrogen and oxygen atoms in total. The Bertz CT molecular complexity index is 1090. The van der Waals surface area contributed by atoms with E-state index in [9.17, 15) is 4.79 Å². The maximum atomic E-state index is 12.8. The van der Waals surface area contributed by atoms with Gasteiger partial charge in [0.1, 0.15) is 10.7 Å². The molecule has 140 valence electrons. The third-order valence-corrected chi connectivity index (χ3v) is 6.50. The molecule has 3 heterocycles. The lowest BCUT2D eigenvalue weighted by Gasteiger charge is -2.17. The van der Waals surface area contributed by atoms with Crippen LogP contribution in [0, 0.1) is 5.92 Å². The molecular formula is C20H21N3O3S. The van der Waals surface area contributed by atoms with Gasteiger partial charge in [-0.05, 0) is 49.8 Å². The van der Waals surface area contributed by atoms with Gasteiger partial charge in [-0.3, -0.25) is 4.79 Å². The maximum absolute atomic E-state index is 12.8. The third kappa shape index (κ3) is 2.86. The van der Waals surface area contributed by atoms with Gasteiger partial charge in [-0.1, -0.05) is 6.92 Å². The second-order valence-corrected chi connectivity index (χ2v) is 8.50. The molecule has 2 aliphatic rings. The maximum Gasteiger partial charge on any atom is 0.259 e. The van der Waals surface area contributed by atoms with Crippen LogP contribution in [0.5, 0.6) is 11.5 Å². The van der Waals surface area contributed by atoms with E-state index in [0.29, 0.717) is 11.7 Å². The molecule has 2 aromatic heterocycles. The SMILES string of the molecule is C[C@@H]1CCc2c(sc3nc([C@@H](C)Nc4ccc5c(c4)OCO5)[nH]c(=O)c23)C1. The number of thiophene rings is 1. The first kappa shape index (κ1) is 16.6. The van der Waals surface area contributed by atoms with E-state index in [4.69, 9.17) is 14.5 Å². The number of hydrogen-bond donors (Lipinski definition) is 2. The molecule has 0 amide bonds. The van der Waals surface area contributed by atoms with Crippen LogP contribution in [-0.2, 0) is 12.8 Å². The Morgan fingerprint density at radius 3 is 3.07 bits per heavy atom. The van der Waals surface area contributed by atoms with E-state index in [1.54, 1.807) is 11.3 Å². The number of aromatic nitrogens is 2. The van der Waals surface area contributed by atoms with Gasteiger partial charge in [-0.25, -0.2) is 4.98 Å². The summed E-state index contributed by atoms with van der Waals surface area (Å²) in [7, 11) is 0. The number of fused-ring (bicyclic) bond motifs is 4. The third-order valence-electron chi connectivity index (χ3n) is 5.35. The molecule has 1 aliphatic carbocycles. The summed E-state index contributed by atoms with van der Waals surface area (Å²) in [6.45, 7) is 4.51. The normalized spacial score (nSPS) is 19.1. The zero-order chi connectivity index (χ0) is 18.5. The summed E-state index contributed by atoms with van der Waals surface area (Å²) in [4.78, 5) is 22.7. The Kier molecular flexibility index (Phi) is 3.86. The number of rotatable bonds is 3. The molecular weight excluding hydrogens is 362 g/mol. The molecule has 2 N–H and O–H groups in total. The molecule has 5 rings (SSSR count). The number of nitrogens with one attached hydrogen (secondary N) is 2. The van der Waals surface area contributed by atoms with Crippen LogP contribution in [0.4, 0.5) is 5.69 Å². The Morgan fingerprint density at radius 1 is 1.33 bits per heavy atom. The number of hydrogen-bond acceptors (Lipinski definition) is 6. The smallest absolute Gasteiger partial charge is 0.259 e. The van der Waals surface area contributed by atoms with Crippen molar-refractivity contribution in [2.24, 2.45) is 5.92 Å². The van der Waals surface area contributed by atoms with Crippen LogP contribution in [-0.4, -0.2) is 16.8 Å². The van der Waals surface area contributed by atoms with Crippen LogP contribution in [0.25, 0.3) is 10.2 Å². The molecule has 0 unspecified atom stereocenters. The van der Waals surface area contributed by atoms with Gasteiger partial charge >= 0.3 is 0 Å². The zero-order valence-corrected chi connectivity index (χ0v) is 16.1. The van der Waals surface area contributed by atoms with Crippen molar-refractivity contribution in [1.82, 2.24) is 9.97 Å². The van der Waals surface area contributed by atoms with Crippen molar-refractivity contribution in [2.45, 2.75) is 39.2 Å². The molecule has 0 bridgehead atoms. The fraction of sp³-hybridized carbons (Fsp3) is 0.400. The minimum atomic E-state index is -0.138. The number of anilines is 1. The first-order valence-corrected chi connectivity index (χ1v) is 10.1. The van der Waals surface area contributed by atoms with Crippen molar-refractivity contribution in [2.75, 3.05) is 12.1 Å². The van der Waals surface area contributed by atoms with E-state index in [0.717, 1.165) is 46.7 Å². The number of benzene rings is 1. The minimum absolute atomic E-state index is 0.0265. The first-order chi connectivity index (χ1) is 13.1. The molecule has 0 spiro atoms. The minimum Gasteiger partial charge on any atom is -0.454 e. The predicted molar refractivity (Wildman–Crippen MR) is 106 cm³/mol. The van der Waals surface area contributed by atoms with Crippen molar-refractivity contribution in [3.8, 4) is 11.5 Å². The summed E-state index contributed by atoms with van der Waals surface area (Å²) in [5, 5.41) is 4.18. The van der Waals surface area contributed by atoms with E-state index in [1.165, 1.54) is 10.4 Å². The number of ether oxygens (including phenoxy) is 2. The van der Waals surface area contributed by atoms with Crippen molar-refractivity contribution in [1.29, 1.82) is 0 Å². The first-order valence-electron chi connectivity index (χ1n) is 9.29. The second kappa shape index (κ2) is 6.27. The average Bonchev–Trinajstić information content (AvgIpc) is 3.24. The summed E-state index contributed by atoms with van der Waals surface area (Å²) in [6, 6.07) is 5.58. The van der Waals surface area contributed by atoms with Crippen LogP contribution < -0.4 is 20.3 Å². The van der Waals surface area contributed by atoms with Crippen molar-refractivity contribution in [3.63, 3.8) is 0 Å². The Hall–Kier alpha value is -2.54. The van der Waals surface area contributed by atoms with E-state index >= 15 is 0 Å². The molecule has 3 aromatic rings. The highest BCUT2D eigenvalue weighted by Crippen LogP contribution is 2.37. The molecule has 0 radical (unpaired) electrons. The Balaban J connectivity index is 1.47. The molecule has 7 heteroatoms. The van der Waals surface area contributed by atoms with Crippen LogP contribution in [0.3, 0.4) is 0 Å². The van der Waals surface area contributed by atoms with Gasteiger partial charge < -0.3 is 19.8 Å². The largest absolute Gasteiger partial charge is 0.454 e. The standard InChI is InChI=1S/C20H21N3O3S/c1-10-3-5-13-16(7-10)27-20-17(13)19(24)22-18(23-20)11(2)21-12-4-6-14-15(8-12)26-9-25-14/h4,6,8,10-11,21H,3,5,7,9H2,1-2H3,(H,22,23,24)/t10-,11-/m1/s1.